The summed E-state index contributed by atoms with van der Waals surface area (Å²) in [6.45, 7) is 4.50. The first-order chi connectivity index (χ1) is 15.9. The van der Waals surface area contributed by atoms with Crippen LogP contribution in [0, 0.1) is 6.92 Å². The van der Waals surface area contributed by atoms with Crippen LogP contribution in [-0.4, -0.2) is 63.8 Å². The largest absolute Gasteiger partial charge is 0.469 e. The van der Waals surface area contributed by atoms with E-state index in [4.69, 9.17) is 4.42 Å². The molecule has 1 unspecified atom stereocenters. The van der Waals surface area contributed by atoms with Crippen LogP contribution < -0.4 is 0 Å². The molecule has 3 heterocycles. The number of aromatic nitrogens is 3. The number of benzene rings is 1. The first-order valence-electron chi connectivity index (χ1n) is 11.1. The predicted molar refractivity (Wildman–Crippen MR) is 128 cm³/mol. The molecule has 33 heavy (non-hydrogen) atoms. The zero-order valence-electron chi connectivity index (χ0n) is 18.8. The number of aryl methyl sites for hydroxylation is 1. The fourth-order valence-electron chi connectivity index (χ4n) is 4.03. The lowest BCUT2D eigenvalue weighted by atomic mass is 10.2. The number of carbonyl (C=O) groups is 1. The molecule has 1 amide bonds. The van der Waals surface area contributed by atoms with E-state index in [0.29, 0.717) is 23.9 Å². The maximum atomic E-state index is 13.2. The number of sulfone groups is 1. The van der Waals surface area contributed by atoms with Crippen molar-refractivity contribution in [2.45, 2.75) is 44.3 Å². The van der Waals surface area contributed by atoms with Gasteiger partial charge in [0.1, 0.15) is 5.76 Å². The van der Waals surface area contributed by atoms with Crippen molar-refractivity contribution in [3.05, 3.63) is 48.4 Å². The Kier molecular flexibility index (Phi) is 7.23. The summed E-state index contributed by atoms with van der Waals surface area (Å²) in [6.07, 6.45) is 3.90. The molecule has 1 fully saturated rings. The number of hydrogen-bond acceptors (Lipinski definition) is 7. The Hall–Kier alpha value is -2.59. The lowest BCUT2D eigenvalue weighted by Gasteiger charge is -2.28. The minimum Gasteiger partial charge on any atom is -0.469 e. The SMILES string of the molecule is CCCCN(C(=O)CSc1nnc(-c2ccoc2C)n1-c1ccccc1)C1CCS(=O)(=O)C1. The van der Waals surface area contributed by atoms with E-state index in [0.717, 1.165) is 29.9 Å². The number of carbonyl (C=O) groups excluding carboxylic acids is 1. The van der Waals surface area contributed by atoms with Gasteiger partial charge in [-0.3, -0.25) is 9.36 Å². The Morgan fingerprint density at radius 2 is 2.03 bits per heavy atom. The van der Waals surface area contributed by atoms with Crippen molar-refractivity contribution in [1.82, 2.24) is 19.7 Å². The van der Waals surface area contributed by atoms with Crippen LogP contribution in [0.1, 0.15) is 31.9 Å². The first kappa shape index (κ1) is 23.6. The van der Waals surface area contributed by atoms with E-state index in [-0.39, 0.29) is 29.2 Å². The van der Waals surface area contributed by atoms with Gasteiger partial charge in [-0.2, -0.15) is 0 Å². The van der Waals surface area contributed by atoms with Crippen molar-refractivity contribution in [2.24, 2.45) is 0 Å². The second kappa shape index (κ2) is 10.1. The number of furan rings is 1. The van der Waals surface area contributed by atoms with Crippen molar-refractivity contribution in [2.75, 3.05) is 23.8 Å². The summed E-state index contributed by atoms with van der Waals surface area (Å²) in [5.41, 5.74) is 1.73. The van der Waals surface area contributed by atoms with Gasteiger partial charge in [-0.25, -0.2) is 8.42 Å². The summed E-state index contributed by atoms with van der Waals surface area (Å²) >= 11 is 1.31. The van der Waals surface area contributed by atoms with Gasteiger partial charge in [0.25, 0.3) is 0 Å². The number of rotatable bonds is 9. The molecule has 1 saturated heterocycles. The molecule has 1 aliphatic rings. The van der Waals surface area contributed by atoms with Crippen molar-refractivity contribution >= 4 is 27.5 Å². The molecule has 0 bridgehead atoms. The molecule has 3 aromatic rings. The molecule has 0 aliphatic carbocycles. The van der Waals surface area contributed by atoms with Gasteiger partial charge in [-0.15, -0.1) is 10.2 Å². The van der Waals surface area contributed by atoms with Gasteiger partial charge in [-0.05, 0) is 38.0 Å². The van der Waals surface area contributed by atoms with E-state index in [1.807, 2.05) is 47.9 Å². The summed E-state index contributed by atoms with van der Waals surface area (Å²) in [7, 11) is -3.07. The molecule has 1 aliphatic heterocycles. The van der Waals surface area contributed by atoms with E-state index >= 15 is 0 Å². The topological polar surface area (TPSA) is 98.3 Å². The number of hydrogen-bond donors (Lipinski definition) is 0. The minimum atomic E-state index is -3.07. The Labute approximate surface area is 198 Å². The van der Waals surface area contributed by atoms with Crippen LogP contribution in [-0.2, 0) is 14.6 Å². The summed E-state index contributed by atoms with van der Waals surface area (Å²) < 4.78 is 31.4. The minimum absolute atomic E-state index is 0.0528. The van der Waals surface area contributed by atoms with Crippen LogP contribution in [0.2, 0.25) is 0 Å². The lowest BCUT2D eigenvalue weighted by molar-refractivity contribution is -0.130. The zero-order valence-corrected chi connectivity index (χ0v) is 20.4. The van der Waals surface area contributed by atoms with Crippen molar-refractivity contribution in [1.29, 1.82) is 0 Å². The van der Waals surface area contributed by atoms with E-state index in [9.17, 15) is 13.2 Å². The average molecular weight is 489 g/mol. The third-order valence-corrected chi connectivity index (χ3v) is 8.46. The normalized spacial score (nSPS) is 17.3. The molecule has 2 aromatic heterocycles. The van der Waals surface area contributed by atoms with Gasteiger partial charge in [-0.1, -0.05) is 43.3 Å². The quantitative estimate of drug-likeness (QED) is 0.423. The molecule has 176 valence electrons. The van der Waals surface area contributed by atoms with Gasteiger partial charge in [0, 0.05) is 18.3 Å². The van der Waals surface area contributed by atoms with Crippen molar-refractivity contribution < 1.29 is 17.6 Å². The second-order valence-electron chi connectivity index (χ2n) is 8.15. The Morgan fingerprint density at radius 3 is 2.67 bits per heavy atom. The summed E-state index contributed by atoms with van der Waals surface area (Å²) in [5, 5.41) is 9.36. The van der Waals surface area contributed by atoms with Crippen LogP contribution in [0.3, 0.4) is 0 Å². The average Bonchev–Trinajstić information content (AvgIpc) is 3.51. The van der Waals surface area contributed by atoms with Crippen LogP contribution in [0.25, 0.3) is 17.1 Å². The number of unbranched alkanes of at least 4 members (excludes halogenated alkanes) is 1. The lowest BCUT2D eigenvalue weighted by Crippen LogP contribution is -2.42. The molecular formula is C23H28N4O4S2. The highest BCUT2D eigenvalue weighted by molar-refractivity contribution is 7.99. The zero-order chi connectivity index (χ0) is 23.4. The molecule has 4 rings (SSSR count). The van der Waals surface area contributed by atoms with Crippen molar-refractivity contribution in [3.63, 3.8) is 0 Å². The third-order valence-electron chi connectivity index (χ3n) is 5.79. The maximum absolute atomic E-state index is 13.2. The van der Waals surface area contributed by atoms with Gasteiger partial charge in [0.05, 0.1) is 29.1 Å². The molecule has 8 nitrogen and oxygen atoms in total. The highest BCUT2D eigenvalue weighted by Crippen LogP contribution is 2.30. The van der Waals surface area contributed by atoms with Crippen LogP contribution >= 0.6 is 11.8 Å². The van der Waals surface area contributed by atoms with Gasteiger partial charge < -0.3 is 9.32 Å². The maximum Gasteiger partial charge on any atom is 0.233 e. The molecule has 10 heteroatoms. The molecule has 0 spiro atoms. The highest BCUT2D eigenvalue weighted by atomic mass is 32.2. The van der Waals surface area contributed by atoms with Crippen LogP contribution in [0.15, 0.2) is 52.2 Å². The van der Waals surface area contributed by atoms with Crippen LogP contribution in [0.5, 0.6) is 0 Å². The Balaban J connectivity index is 1.58. The standard InChI is InChI=1S/C23H28N4O4S2/c1-3-4-12-26(19-11-14-33(29,30)16-19)21(28)15-32-23-25-24-22(20-10-13-31-17(20)2)27(23)18-8-6-5-7-9-18/h5-10,13,19H,3-4,11-12,14-16H2,1-2H3. The molecule has 0 N–H and O–H groups in total. The number of amides is 1. The fraction of sp³-hybridized carbons (Fsp3) is 0.435. The first-order valence-corrected chi connectivity index (χ1v) is 13.9. The van der Waals surface area contributed by atoms with E-state index in [2.05, 4.69) is 17.1 Å². The Morgan fingerprint density at radius 1 is 1.24 bits per heavy atom. The summed E-state index contributed by atoms with van der Waals surface area (Å²) in [6, 6.07) is 11.4. The fourth-order valence-corrected chi connectivity index (χ4v) is 6.60. The van der Waals surface area contributed by atoms with E-state index in [1.165, 1.54) is 11.8 Å². The molecular weight excluding hydrogens is 460 g/mol. The monoisotopic (exact) mass is 488 g/mol. The summed E-state index contributed by atoms with van der Waals surface area (Å²) in [4.78, 5) is 15.0. The molecule has 1 aromatic carbocycles. The number of nitrogens with zero attached hydrogens (tertiary/aromatic N) is 4. The molecule has 0 saturated carbocycles. The van der Waals surface area contributed by atoms with Crippen LogP contribution in [0.4, 0.5) is 0 Å². The Bertz CT molecular complexity index is 1200. The third kappa shape index (κ3) is 5.33. The number of para-hydroxylation sites is 1. The second-order valence-corrected chi connectivity index (χ2v) is 11.3. The van der Waals surface area contributed by atoms with E-state index < -0.39 is 9.84 Å². The van der Waals surface area contributed by atoms with Gasteiger partial charge in [0.15, 0.2) is 20.8 Å². The predicted octanol–water partition coefficient (Wildman–Crippen LogP) is 3.74. The highest BCUT2D eigenvalue weighted by Gasteiger charge is 2.34. The van der Waals surface area contributed by atoms with Crippen molar-refractivity contribution in [3.8, 4) is 17.1 Å². The van der Waals surface area contributed by atoms with E-state index in [1.54, 1.807) is 11.2 Å². The van der Waals surface area contributed by atoms with Gasteiger partial charge in [0.2, 0.25) is 5.91 Å². The van der Waals surface area contributed by atoms with Gasteiger partial charge >= 0.3 is 0 Å². The molecule has 1 atom stereocenters. The summed E-state index contributed by atoms with van der Waals surface area (Å²) in [5.74, 6) is 1.68. The number of thioether (sulfide) groups is 1. The molecule has 0 radical (unpaired) electrons. The smallest absolute Gasteiger partial charge is 0.233 e.